The summed E-state index contributed by atoms with van der Waals surface area (Å²) < 4.78 is 0. The Kier molecular flexibility index (Phi) is 2.78. The van der Waals surface area contributed by atoms with Gasteiger partial charge in [0.25, 0.3) is 11.5 Å². The average Bonchev–Trinajstić information content (AvgIpc) is 2.15. The van der Waals surface area contributed by atoms with E-state index in [0.717, 1.165) is 5.69 Å². The number of carbonyl (C=O) groups is 1. The Balaban J connectivity index is 2.06. The lowest BCUT2D eigenvalue weighted by Gasteiger charge is -2.31. The van der Waals surface area contributed by atoms with E-state index in [-0.39, 0.29) is 29.2 Å². The minimum absolute atomic E-state index is 0.0109. The van der Waals surface area contributed by atoms with E-state index in [0.29, 0.717) is 12.8 Å². The van der Waals surface area contributed by atoms with Crippen LogP contribution >= 0.6 is 0 Å². The van der Waals surface area contributed by atoms with Gasteiger partial charge >= 0.3 is 0 Å². The summed E-state index contributed by atoms with van der Waals surface area (Å²) in [6.45, 7) is 1.76. The Morgan fingerprint density at radius 2 is 2.19 bits per heavy atom. The van der Waals surface area contributed by atoms with E-state index in [1.54, 1.807) is 13.0 Å². The number of hydrogen-bond donors (Lipinski definition) is 3. The van der Waals surface area contributed by atoms with Crippen molar-refractivity contribution in [1.82, 2.24) is 10.3 Å². The highest BCUT2D eigenvalue weighted by molar-refractivity contribution is 5.94. The van der Waals surface area contributed by atoms with Gasteiger partial charge in [-0.2, -0.15) is 0 Å². The molecule has 0 aromatic carbocycles. The van der Waals surface area contributed by atoms with Crippen molar-refractivity contribution in [3.05, 3.63) is 33.7 Å². The predicted molar refractivity (Wildman–Crippen MR) is 58.3 cm³/mol. The summed E-state index contributed by atoms with van der Waals surface area (Å²) >= 11 is 0. The van der Waals surface area contributed by atoms with E-state index >= 15 is 0 Å². The zero-order valence-corrected chi connectivity index (χ0v) is 8.99. The molecule has 0 unspecified atom stereocenters. The molecule has 1 aromatic rings. The van der Waals surface area contributed by atoms with Crippen LogP contribution in [0.5, 0.6) is 0 Å². The van der Waals surface area contributed by atoms with Gasteiger partial charge in [0.2, 0.25) is 0 Å². The fourth-order valence-electron chi connectivity index (χ4n) is 1.72. The molecule has 0 aliphatic heterocycles. The highest BCUT2D eigenvalue weighted by atomic mass is 16.3. The van der Waals surface area contributed by atoms with Gasteiger partial charge in [0.1, 0.15) is 5.56 Å². The number of aromatic nitrogens is 1. The van der Waals surface area contributed by atoms with E-state index in [4.69, 9.17) is 5.11 Å². The maximum atomic E-state index is 11.7. The normalized spacial score (nSPS) is 23.6. The minimum Gasteiger partial charge on any atom is -0.393 e. The van der Waals surface area contributed by atoms with Crippen molar-refractivity contribution in [2.24, 2.45) is 0 Å². The quantitative estimate of drug-likeness (QED) is 0.655. The Bertz CT molecular complexity index is 461. The third kappa shape index (κ3) is 2.14. The smallest absolute Gasteiger partial charge is 0.260 e. The summed E-state index contributed by atoms with van der Waals surface area (Å²) in [4.78, 5) is 25.7. The summed E-state index contributed by atoms with van der Waals surface area (Å²) in [5.74, 6) is -0.377. The van der Waals surface area contributed by atoms with Crippen molar-refractivity contribution >= 4 is 5.91 Å². The number of rotatable bonds is 2. The van der Waals surface area contributed by atoms with E-state index in [9.17, 15) is 9.59 Å². The number of aryl methyl sites for hydroxylation is 1. The van der Waals surface area contributed by atoms with Crippen LogP contribution in [0.4, 0.5) is 0 Å². The van der Waals surface area contributed by atoms with E-state index in [2.05, 4.69) is 10.3 Å². The van der Waals surface area contributed by atoms with Crippen molar-refractivity contribution in [2.75, 3.05) is 0 Å². The maximum Gasteiger partial charge on any atom is 0.260 e. The Morgan fingerprint density at radius 3 is 2.75 bits per heavy atom. The van der Waals surface area contributed by atoms with Crippen molar-refractivity contribution in [3.63, 3.8) is 0 Å². The number of aromatic amines is 1. The molecular weight excluding hydrogens is 208 g/mol. The van der Waals surface area contributed by atoms with Crippen molar-refractivity contribution in [2.45, 2.75) is 31.9 Å². The van der Waals surface area contributed by atoms with Crippen LogP contribution < -0.4 is 10.9 Å². The van der Waals surface area contributed by atoms with Gasteiger partial charge in [0.15, 0.2) is 0 Å². The fourth-order valence-corrected chi connectivity index (χ4v) is 1.72. The molecule has 3 N–H and O–H groups in total. The number of hydrogen-bond acceptors (Lipinski definition) is 3. The monoisotopic (exact) mass is 222 g/mol. The first-order valence-corrected chi connectivity index (χ1v) is 5.25. The zero-order valence-electron chi connectivity index (χ0n) is 8.99. The standard InChI is InChI=1S/C11H14N2O3/c1-6-2-3-9(10(15)12-6)11(16)13-7-4-8(14)5-7/h2-3,7-8,14H,4-5H2,1H3,(H,12,15)(H,13,16). The van der Waals surface area contributed by atoms with Gasteiger partial charge in [-0.15, -0.1) is 0 Å². The van der Waals surface area contributed by atoms with Crippen LogP contribution in [0.1, 0.15) is 28.9 Å². The summed E-state index contributed by atoms with van der Waals surface area (Å²) in [5, 5.41) is 11.8. The molecule has 2 rings (SSSR count). The third-order valence-corrected chi connectivity index (χ3v) is 2.75. The number of aliphatic hydroxyl groups is 1. The molecule has 16 heavy (non-hydrogen) atoms. The SMILES string of the molecule is Cc1ccc(C(=O)NC2CC(O)C2)c(=O)[nH]1. The molecule has 5 heteroatoms. The molecule has 0 atom stereocenters. The lowest BCUT2D eigenvalue weighted by molar-refractivity contribution is 0.0562. The van der Waals surface area contributed by atoms with Gasteiger partial charge in [-0.3, -0.25) is 9.59 Å². The number of amides is 1. The van der Waals surface area contributed by atoms with Gasteiger partial charge in [-0.25, -0.2) is 0 Å². The number of carbonyl (C=O) groups excluding carboxylic acids is 1. The highest BCUT2D eigenvalue weighted by Gasteiger charge is 2.29. The summed E-state index contributed by atoms with van der Waals surface area (Å²) in [7, 11) is 0. The topological polar surface area (TPSA) is 82.2 Å². The molecule has 1 aliphatic rings. The lowest BCUT2D eigenvalue weighted by Crippen LogP contribution is -2.47. The van der Waals surface area contributed by atoms with Gasteiger partial charge < -0.3 is 15.4 Å². The Morgan fingerprint density at radius 1 is 1.50 bits per heavy atom. The first-order chi connectivity index (χ1) is 7.56. The molecule has 86 valence electrons. The minimum atomic E-state index is -0.377. The van der Waals surface area contributed by atoms with Crippen LogP contribution in [0.2, 0.25) is 0 Å². The summed E-state index contributed by atoms with van der Waals surface area (Å²) in [6, 6.07) is 3.19. The number of aliphatic hydroxyl groups excluding tert-OH is 1. The highest BCUT2D eigenvalue weighted by Crippen LogP contribution is 2.19. The lowest BCUT2D eigenvalue weighted by atomic mass is 9.89. The summed E-state index contributed by atoms with van der Waals surface area (Å²) in [5.41, 5.74) is 0.463. The predicted octanol–water partition coefficient (Wildman–Crippen LogP) is -0.0636. The number of H-pyrrole nitrogens is 1. The number of nitrogens with one attached hydrogen (secondary N) is 2. The van der Waals surface area contributed by atoms with E-state index in [1.807, 2.05) is 0 Å². The van der Waals surface area contributed by atoms with Crippen LogP contribution in [0.25, 0.3) is 0 Å². The first-order valence-electron chi connectivity index (χ1n) is 5.25. The number of pyridine rings is 1. The fraction of sp³-hybridized carbons (Fsp3) is 0.455. The average molecular weight is 222 g/mol. The molecule has 0 bridgehead atoms. The molecule has 1 aromatic heterocycles. The molecule has 1 amide bonds. The molecule has 1 fully saturated rings. The van der Waals surface area contributed by atoms with Crippen LogP contribution in [-0.2, 0) is 0 Å². The van der Waals surface area contributed by atoms with Crippen molar-refractivity contribution < 1.29 is 9.90 Å². The second-order valence-corrected chi connectivity index (χ2v) is 4.18. The Labute approximate surface area is 92.5 Å². The van der Waals surface area contributed by atoms with Crippen LogP contribution in [0.15, 0.2) is 16.9 Å². The van der Waals surface area contributed by atoms with Gasteiger partial charge in [-0.1, -0.05) is 0 Å². The molecule has 0 saturated heterocycles. The van der Waals surface area contributed by atoms with Gasteiger partial charge in [-0.05, 0) is 31.9 Å². The second kappa shape index (κ2) is 4.09. The van der Waals surface area contributed by atoms with Crippen LogP contribution in [0.3, 0.4) is 0 Å². The van der Waals surface area contributed by atoms with Gasteiger partial charge in [0, 0.05) is 11.7 Å². The molecule has 1 heterocycles. The first kappa shape index (κ1) is 10.9. The van der Waals surface area contributed by atoms with E-state index in [1.165, 1.54) is 6.07 Å². The molecule has 5 nitrogen and oxygen atoms in total. The zero-order chi connectivity index (χ0) is 11.7. The largest absolute Gasteiger partial charge is 0.393 e. The third-order valence-electron chi connectivity index (χ3n) is 2.75. The maximum absolute atomic E-state index is 11.7. The second-order valence-electron chi connectivity index (χ2n) is 4.18. The Hall–Kier alpha value is -1.62. The van der Waals surface area contributed by atoms with Gasteiger partial charge in [0.05, 0.1) is 6.10 Å². The van der Waals surface area contributed by atoms with Crippen molar-refractivity contribution in [1.29, 1.82) is 0 Å². The van der Waals surface area contributed by atoms with E-state index < -0.39 is 0 Å². The van der Waals surface area contributed by atoms with Crippen molar-refractivity contribution in [3.8, 4) is 0 Å². The molecule has 1 saturated carbocycles. The summed E-state index contributed by atoms with van der Waals surface area (Å²) in [6.07, 6.45) is 0.812. The molecular formula is C11H14N2O3. The molecule has 0 radical (unpaired) electrons. The van der Waals surface area contributed by atoms with Crippen LogP contribution in [-0.4, -0.2) is 28.1 Å². The molecule has 1 aliphatic carbocycles. The van der Waals surface area contributed by atoms with Crippen LogP contribution in [0, 0.1) is 6.92 Å². The molecule has 0 spiro atoms.